The summed E-state index contributed by atoms with van der Waals surface area (Å²) < 4.78 is 31.7. The van der Waals surface area contributed by atoms with E-state index in [-0.39, 0.29) is 11.0 Å². The third-order valence-electron chi connectivity index (χ3n) is 3.11. The average Bonchev–Trinajstić information content (AvgIpc) is 2.90. The van der Waals surface area contributed by atoms with Crippen molar-refractivity contribution in [3.8, 4) is 0 Å². The number of sulfonamides is 1. The third kappa shape index (κ3) is 3.37. The Hall–Kier alpha value is -1.31. The lowest BCUT2D eigenvalue weighted by Crippen LogP contribution is -2.23. The van der Waals surface area contributed by atoms with Crippen LogP contribution in [0.25, 0.3) is 0 Å². The van der Waals surface area contributed by atoms with Crippen LogP contribution < -0.4 is 15.8 Å². The predicted octanol–water partition coefficient (Wildman–Crippen LogP) is 0.768. The number of hydrogen-bond acceptors (Lipinski definition) is 5. The van der Waals surface area contributed by atoms with Crippen molar-refractivity contribution in [1.82, 2.24) is 4.72 Å². The van der Waals surface area contributed by atoms with E-state index in [1.165, 1.54) is 13.1 Å². The highest BCUT2D eigenvalue weighted by molar-refractivity contribution is 7.89. The van der Waals surface area contributed by atoms with Crippen LogP contribution >= 0.6 is 0 Å². The van der Waals surface area contributed by atoms with Gasteiger partial charge in [0, 0.05) is 18.8 Å². The van der Waals surface area contributed by atoms with Crippen molar-refractivity contribution in [2.45, 2.75) is 23.8 Å². The molecule has 1 heterocycles. The van der Waals surface area contributed by atoms with Gasteiger partial charge in [-0.3, -0.25) is 0 Å². The molecule has 0 aromatic heterocycles. The van der Waals surface area contributed by atoms with Crippen LogP contribution in [0.1, 0.15) is 12.8 Å². The molecule has 1 saturated heterocycles. The van der Waals surface area contributed by atoms with E-state index in [4.69, 9.17) is 10.5 Å². The van der Waals surface area contributed by atoms with Crippen molar-refractivity contribution in [1.29, 1.82) is 0 Å². The van der Waals surface area contributed by atoms with Crippen LogP contribution in [0, 0.1) is 0 Å². The fourth-order valence-electron chi connectivity index (χ4n) is 2.05. The van der Waals surface area contributed by atoms with Gasteiger partial charge in [-0.2, -0.15) is 0 Å². The molecule has 19 heavy (non-hydrogen) atoms. The zero-order chi connectivity index (χ0) is 13.9. The fourth-order valence-corrected chi connectivity index (χ4v) is 2.99. The molecule has 106 valence electrons. The molecule has 1 aliphatic heterocycles. The smallest absolute Gasteiger partial charge is 0.242 e. The Kier molecular flexibility index (Phi) is 4.28. The number of ether oxygens (including phenoxy) is 1. The molecule has 0 bridgehead atoms. The lowest BCUT2D eigenvalue weighted by molar-refractivity contribution is 0.120. The van der Waals surface area contributed by atoms with Crippen LogP contribution in [0.5, 0.6) is 0 Å². The average molecular weight is 285 g/mol. The van der Waals surface area contributed by atoms with E-state index < -0.39 is 10.0 Å². The number of nitrogens with two attached hydrogens (primary N) is 1. The minimum Gasteiger partial charge on any atom is -0.399 e. The highest BCUT2D eigenvalue weighted by Crippen LogP contribution is 2.24. The Morgan fingerprint density at radius 1 is 1.47 bits per heavy atom. The summed E-state index contributed by atoms with van der Waals surface area (Å²) in [6.07, 6.45) is 2.19. The number of hydrogen-bond donors (Lipinski definition) is 3. The van der Waals surface area contributed by atoms with Crippen molar-refractivity contribution in [2.75, 3.05) is 31.2 Å². The van der Waals surface area contributed by atoms with Crippen molar-refractivity contribution < 1.29 is 13.2 Å². The van der Waals surface area contributed by atoms with Crippen molar-refractivity contribution in [3.63, 3.8) is 0 Å². The van der Waals surface area contributed by atoms with Crippen LogP contribution in [0.15, 0.2) is 23.1 Å². The molecule has 0 saturated carbocycles. The van der Waals surface area contributed by atoms with E-state index in [9.17, 15) is 8.42 Å². The van der Waals surface area contributed by atoms with Gasteiger partial charge >= 0.3 is 0 Å². The quantitative estimate of drug-likeness (QED) is 0.695. The second kappa shape index (κ2) is 5.77. The lowest BCUT2D eigenvalue weighted by atomic mass is 10.2. The van der Waals surface area contributed by atoms with Gasteiger partial charge in [-0.1, -0.05) is 0 Å². The highest BCUT2D eigenvalue weighted by Gasteiger charge is 2.19. The number of rotatable bonds is 5. The number of benzene rings is 1. The zero-order valence-electron chi connectivity index (χ0n) is 10.8. The zero-order valence-corrected chi connectivity index (χ0v) is 11.7. The van der Waals surface area contributed by atoms with Crippen LogP contribution in [-0.2, 0) is 14.8 Å². The Labute approximate surface area is 113 Å². The Morgan fingerprint density at radius 2 is 2.26 bits per heavy atom. The maximum absolute atomic E-state index is 11.9. The molecule has 1 aromatic carbocycles. The largest absolute Gasteiger partial charge is 0.399 e. The van der Waals surface area contributed by atoms with Crippen LogP contribution in [-0.4, -0.2) is 34.7 Å². The summed E-state index contributed by atoms with van der Waals surface area (Å²) in [6, 6.07) is 4.80. The SMILES string of the molecule is CNS(=O)(=O)c1cc(N)ccc1NCC1CCCO1. The molecule has 0 spiro atoms. The Morgan fingerprint density at radius 3 is 2.89 bits per heavy atom. The monoisotopic (exact) mass is 285 g/mol. The van der Waals surface area contributed by atoms with E-state index in [0.29, 0.717) is 17.9 Å². The summed E-state index contributed by atoms with van der Waals surface area (Å²) in [5.41, 5.74) is 6.61. The van der Waals surface area contributed by atoms with Crippen molar-refractivity contribution in [3.05, 3.63) is 18.2 Å². The standard InChI is InChI=1S/C12H19N3O3S/c1-14-19(16,17)12-7-9(13)4-5-11(12)15-8-10-3-2-6-18-10/h4-5,7,10,14-15H,2-3,6,8,13H2,1H3. The molecule has 0 radical (unpaired) electrons. The van der Waals surface area contributed by atoms with E-state index in [1.807, 2.05) is 0 Å². The van der Waals surface area contributed by atoms with Crippen LogP contribution in [0.2, 0.25) is 0 Å². The van der Waals surface area contributed by atoms with Gasteiger partial charge in [0.05, 0.1) is 11.8 Å². The molecule has 1 fully saturated rings. The Balaban J connectivity index is 2.19. The molecule has 6 nitrogen and oxygen atoms in total. The van der Waals surface area contributed by atoms with Gasteiger partial charge < -0.3 is 15.8 Å². The first-order valence-corrected chi connectivity index (χ1v) is 7.70. The summed E-state index contributed by atoms with van der Waals surface area (Å²) in [5, 5.41) is 3.12. The van der Waals surface area contributed by atoms with E-state index in [0.717, 1.165) is 19.4 Å². The van der Waals surface area contributed by atoms with Crippen molar-refractivity contribution in [2.24, 2.45) is 0 Å². The highest BCUT2D eigenvalue weighted by atomic mass is 32.2. The fraction of sp³-hybridized carbons (Fsp3) is 0.500. The minimum absolute atomic E-state index is 0.141. The van der Waals surface area contributed by atoms with Gasteiger partial charge in [0.15, 0.2) is 0 Å². The molecule has 1 unspecified atom stereocenters. The maximum atomic E-state index is 11.9. The molecule has 1 aliphatic rings. The van der Waals surface area contributed by atoms with E-state index in [2.05, 4.69) is 10.0 Å². The molecule has 0 aliphatic carbocycles. The summed E-state index contributed by atoms with van der Waals surface area (Å²) >= 11 is 0. The molecule has 1 aromatic rings. The molecule has 2 rings (SSSR count). The maximum Gasteiger partial charge on any atom is 0.242 e. The topological polar surface area (TPSA) is 93.5 Å². The number of anilines is 2. The Bertz CT molecular complexity index is 539. The van der Waals surface area contributed by atoms with Gasteiger partial charge in [-0.05, 0) is 38.1 Å². The molecule has 7 heteroatoms. The third-order valence-corrected chi connectivity index (χ3v) is 4.56. The van der Waals surface area contributed by atoms with Crippen LogP contribution in [0.4, 0.5) is 11.4 Å². The minimum atomic E-state index is -3.53. The second-order valence-electron chi connectivity index (χ2n) is 4.48. The van der Waals surface area contributed by atoms with E-state index >= 15 is 0 Å². The summed E-state index contributed by atoms with van der Waals surface area (Å²) in [6.45, 7) is 1.37. The first-order chi connectivity index (χ1) is 9.03. The molecule has 4 N–H and O–H groups in total. The van der Waals surface area contributed by atoms with Crippen molar-refractivity contribution >= 4 is 21.4 Å². The van der Waals surface area contributed by atoms with Gasteiger partial charge in [-0.25, -0.2) is 13.1 Å². The summed E-state index contributed by atoms with van der Waals surface area (Å²) in [4.78, 5) is 0.160. The van der Waals surface area contributed by atoms with Gasteiger partial charge in [0.25, 0.3) is 0 Å². The number of nitrogens with one attached hydrogen (secondary N) is 2. The molecular weight excluding hydrogens is 266 g/mol. The lowest BCUT2D eigenvalue weighted by Gasteiger charge is -2.15. The van der Waals surface area contributed by atoms with Gasteiger partial charge in [0.2, 0.25) is 10.0 Å². The number of nitrogen functional groups attached to an aromatic ring is 1. The normalized spacial score (nSPS) is 19.5. The second-order valence-corrected chi connectivity index (χ2v) is 6.33. The van der Waals surface area contributed by atoms with Gasteiger partial charge in [-0.15, -0.1) is 0 Å². The molecule has 1 atom stereocenters. The summed E-state index contributed by atoms with van der Waals surface area (Å²) in [5.74, 6) is 0. The predicted molar refractivity (Wildman–Crippen MR) is 74.6 cm³/mol. The first kappa shape index (κ1) is 14.1. The first-order valence-electron chi connectivity index (χ1n) is 6.21. The van der Waals surface area contributed by atoms with Gasteiger partial charge in [0.1, 0.15) is 4.90 Å². The molecular formula is C12H19N3O3S. The summed E-state index contributed by atoms with van der Waals surface area (Å²) in [7, 11) is -2.15. The molecule has 0 amide bonds. The van der Waals surface area contributed by atoms with Crippen LogP contribution in [0.3, 0.4) is 0 Å². The van der Waals surface area contributed by atoms with E-state index in [1.54, 1.807) is 12.1 Å².